The number of ether oxygens (including phenoxy) is 2. The van der Waals surface area contributed by atoms with Gasteiger partial charge in [-0.3, -0.25) is 9.36 Å². The van der Waals surface area contributed by atoms with Gasteiger partial charge in [-0.25, -0.2) is 4.98 Å². The Kier molecular flexibility index (Phi) is 6.45. The van der Waals surface area contributed by atoms with Crippen LogP contribution in [0.5, 0.6) is 11.6 Å². The zero-order valence-corrected chi connectivity index (χ0v) is 16.2. The van der Waals surface area contributed by atoms with Crippen LogP contribution in [0.4, 0.5) is 0 Å². The number of benzene rings is 2. The smallest absolute Gasteiger partial charge is 0.260 e. The highest BCUT2D eigenvalue weighted by Gasteiger charge is 2.13. The Labute approximate surface area is 164 Å². The molecule has 146 valence electrons. The predicted molar refractivity (Wildman–Crippen MR) is 109 cm³/mol. The van der Waals surface area contributed by atoms with Gasteiger partial charge in [0.2, 0.25) is 5.88 Å². The van der Waals surface area contributed by atoms with Gasteiger partial charge in [0.25, 0.3) is 5.56 Å². The molecule has 0 spiro atoms. The van der Waals surface area contributed by atoms with E-state index < -0.39 is 0 Å². The molecule has 3 rings (SSSR count). The minimum absolute atomic E-state index is 0.0876. The minimum Gasteiger partial charge on any atom is -0.497 e. The van der Waals surface area contributed by atoms with Crippen molar-refractivity contribution in [3.63, 3.8) is 0 Å². The molecule has 2 aromatic carbocycles. The third kappa shape index (κ3) is 4.40. The summed E-state index contributed by atoms with van der Waals surface area (Å²) < 4.78 is 12.6. The summed E-state index contributed by atoms with van der Waals surface area (Å²) >= 11 is 0. The summed E-state index contributed by atoms with van der Waals surface area (Å²) in [4.78, 5) is 17.3. The van der Waals surface area contributed by atoms with E-state index in [-0.39, 0.29) is 5.56 Å². The number of nitrogens with two attached hydrogens (primary N) is 1. The van der Waals surface area contributed by atoms with E-state index in [9.17, 15) is 4.79 Å². The van der Waals surface area contributed by atoms with Gasteiger partial charge in [-0.15, -0.1) is 0 Å². The lowest BCUT2D eigenvalue weighted by molar-refractivity contribution is 0.287. The summed E-state index contributed by atoms with van der Waals surface area (Å²) in [6.45, 7) is 3.14. The first-order valence-electron chi connectivity index (χ1n) is 9.27. The molecule has 28 heavy (non-hydrogen) atoms. The molecule has 0 aliphatic rings. The molecule has 6 heteroatoms. The van der Waals surface area contributed by atoms with E-state index in [0.717, 1.165) is 22.4 Å². The molecule has 0 bridgehead atoms. The fourth-order valence-electron chi connectivity index (χ4n) is 3.03. The van der Waals surface area contributed by atoms with Crippen LogP contribution < -0.4 is 20.8 Å². The Morgan fingerprint density at radius 1 is 1.07 bits per heavy atom. The molecule has 0 amide bonds. The summed E-state index contributed by atoms with van der Waals surface area (Å²) in [6.07, 6.45) is 2.08. The summed E-state index contributed by atoms with van der Waals surface area (Å²) in [5.74, 6) is 1.16. The molecule has 1 aromatic heterocycles. The van der Waals surface area contributed by atoms with E-state index >= 15 is 0 Å². The lowest BCUT2D eigenvalue weighted by atomic mass is 10.1. The van der Waals surface area contributed by atoms with Crippen LogP contribution in [0.3, 0.4) is 0 Å². The standard InChI is InChI=1S/C22H25N3O3/c1-3-20-21(28-14-18-7-5-4-6-17(18)12-23)24-15-25(22(20)26)13-16-8-10-19(27-2)11-9-16/h4-11,15H,3,12-14,23H2,1-2H3. The molecule has 0 saturated carbocycles. The van der Waals surface area contributed by atoms with Crippen molar-refractivity contribution < 1.29 is 9.47 Å². The number of rotatable bonds is 8. The number of nitrogens with zero attached hydrogens (tertiary/aromatic N) is 2. The second-order valence-corrected chi connectivity index (χ2v) is 6.42. The Balaban J connectivity index is 1.80. The average molecular weight is 379 g/mol. The number of aromatic nitrogens is 2. The van der Waals surface area contributed by atoms with Crippen molar-refractivity contribution in [3.8, 4) is 11.6 Å². The Hall–Kier alpha value is -3.12. The maximum Gasteiger partial charge on any atom is 0.260 e. The SMILES string of the molecule is CCc1c(OCc2ccccc2CN)ncn(Cc2ccc(OC)cc2)c1=O. The molecular formula is C22H25N3O3. The molecule has 0 saturated heterocycles. The Morgan fingerprint density at radius 3 is 2.43 bits per heavy atom. The highest BCUT2D eigenvalue weighted by Crippen LogP contribution is 2.17. The second-order valence-electron chi connectivity index (χ2n) is 6.42. The van der Waals surface area contributed by atoms with Gasteiger partial charge in [0.05, 0.1) is 19.2 Å². The van der Waals surface area contributed by atoms with Gasteiger partial charge in [-0.2, -0.15) is 0 Å². The Bertz CT molecular complexity index is 981. The number of hydrogen-bond acceptors (Lipinski definition) is 5. The molecule has 1 heterocycles. The molecule has 6 nitrogen and oxygen atoms in total. The van der Waals surface area contributed by atoms with Crippen molar-refractivity contribution in [1.82, 2.24) is 9.55 Å². The van der Waals surface area contributed by atoms with Crippen LogP contribution in [-0.4, -0.2) is 16.7 Å². The van der Waals surface area contributed by atoms with E-state index in [0.29, 0.717) is 37.6 Å². The molecular weight excluding hydrogens is 354 g/mol. The normalized spacial score (nSPS) is 10.7. The summed E-state index contributed by atoms with van der Waals surface area (Å²) in [7, 11) is 1.63. The van der Waals surface area contributed by atoms with E-state index in [1.54, 1.807) is 11.7 Å². The van der Waals surface area contributed by atoms with Crippen LogP contribution >= 0.6 is 0 Å². The molecule has 0 aliphatic carbocycles. The van der Waals surface area contributed by atoms with Crippen LogP contribution in [-0.2, 0) is 26.1 Å². The molecule has 2 N–H and O–H groups in total. The maximum absolute atomic E-state index is 12.9. The van der Waals surface area contributed by atoms with E-state index in [2.05, 4.69) is 4.98 Å². The van der Waals surface area contributed by atoms with Crippen molar-refractivity contribution in [1.29, 1.82) is 0 Å². The minimum atomic E-state index is -0.0876. The summed E-state index contributed by atoms with van der Waals surface area (Å²) in [5.41, 5.74) is 9.28. The highest BCUT2D eigenvalue weighted by molar-refractivity contribution is 5.30. The fourth-order valence-corrected chi connectivity index (χ4v) is 3.03. The molecule has 0 radical (unpaired) electrons. The third-order valence-corrected chi connectivity index (χ3v) is 4.66. The quantitative estimate of drug-likeness (QED) is 0.651. The fraction of sp³-hybridized carbons (Fsp3) is 0.273. The summed E-state index contributed by atoms with van der Waals surface area (Å²) in [5, 5.41) is 0. The van der Waals surface area contributed by atoms with Crippen LogP contribution in [0.25, 0.3) is 0 Å². The Morgan fingerprint density at radius 2 is 1.79 bits per heavy atom. The van der Waals surface area contributed by atoms with Crippen molar-refractivity contribution in [3.05, 3.63) is 87.5 Å². The predicted octanol–water partition coefficient (Wildman–Crippen LogP) is 2.90. The average Bonchev–Trinajstić information content (AvgIpc) is 2.74. The lowest BCUT2D eigenvalue weighted by Crippen LogP contribution is -2.25. The van der Waals surface area contributed by atoms with Gasteiger partial charge in [-0.1, -0.05) is 43.3 Å². The van der Waals surface area contributed by atoms with Crippen LogP contribution in [0.15, 0.2) is 59.7 Å². The van der Waals surface area contributed by atoms with Gasteiger partial charge in [0, 0.05) is 6.54 Å². The molecule has 0 unspecified atom stereocenters. The van der Waals surface area contributed by atoms with Gasteiger partial charge in [-0.05, 0) is 35.2 Å². The van der Waals surface area contributed by atoms with E-state index in [1.165, 1.54) is 6.33 Å². The van der Waals surface area contributed by atoms with Gasteiger partial charge < -0.3 is 15.2 Å². The zero-order chi connectivity index (χ0) is 19.9. The third-order valence-electron chi connectivity index (χ3n) is 4.66. The zero-order valence-electron chi connectivity index (χ0n) is 16.2. The molecule has 3 aromatic rings. The van der Waals surface area contributed by atoms with Crippen molar-refractivity contribution in [2.75, 3.05) is 7.11 Å². The highest BCUT2D eigenvalue weighted by atomic mass is 16.5. The second kappa shape index (κ2) is 9.19. The van der Waals surface area contributed by atoms with E-state index in [1.807, 2.05) is 55.5 Å². The van der Waals surface area contributed by atoms with Crippen LogP contribution in [0.1, 0.15) is 29.2 Å². The molecule has 0 atom stereocenters. The first-order chi connectivity index (χ1) is 13.7. The van der Waals surface area contributed by atoms with Crippen molar-refractivity contribution in [2.24, 2.45) is 5.73 Å². The number of hydrogen-bond donors (Lipinski definition) is 1. The monoisotopic (exact) mass is 379 g/mol. The molecule has 0 aliphatic heterocycles. The molecule has 0 fully saturated rings. The van der Waals surface area contributed by atoms with E-state index in [4.69, 9.17) is 15.2 Å². The van der Waals surface area contributed by atoms with Gasteiger partial charge in [0.1, 0.15) is 18.7 Å². The van der Waals surface area contributed by atoms with Gasteiger partial charge >= 0.3 is 0 Å². The van der Waals surface area contributed by atoms with Crippen molar-refractivity contribution in [2.45, 2.75) is 33.0 Å². The maximum atomic E-state index is 12.9. The van der Waals surface area contributed by atoms with Gasteiger partial charge in [0.15, 0.2) is 0 Å². The lowest BCUT2D eigenvalue weighted by Gasteiger charge is -2.13. The summed E-state index contributed by atoms with van der Waals surface area (Å²) in [6, 6.07) is 15.5. The topological polar surface area (TPSA) is 79.4 Å². The van der Waals surface area contributed by atoms with Crippen molar-refractivity contribution >= 4 is 0 Å². The number of methoxy groups -OCH3 is 1. The first-order valence-corrected chi connectivity index (χ1v) is 9.27. The van der Waals surface area contributed by atoms with Crippen LogP contribution in [0, 0.1) is 0 Å². The van der Waals surface area contributed by atoms with Crippen LogP contribution in [0.2, 0.25) is 0 Å². The largest absolute Gasteiger partial charge is 0.497 e. The first kappa shape index (κ1) is 19.6.